The highest BCUT2D eigenvalue weighted by Crippen LogP contribution is 2.32. The number of imide groups is 1. The van der Waals surface area contributed by atoms with E-state index in [1.807, 2.05) is 6.92 Å². The average Bonchev–Trinajstić information content (AvgIpc) is 2.70. The zero-order valence-electron chi connectivity index (χ0n) is 16.9. The summed E-state index contributed by atoms with van der Waals surface area (Å²) in [4.78, 5) is 47.7. The highest BCUT2D eigenvalue weighted by molar-refractivity contribution is 6.08. The molecule has 1 saturated heterocycles. The van der Waals surface area contributed by atoms with Crippen molar-refractivity contribution in [2.45, 2.75) is 57.5 Å². The molecule has 1 aromatic rings. The van der Waals surface area contributed by atoms with Crippen LogP contribution in [-0.2, 0) is 20.8 Å². The minimum atomic E-state index is -0.935. The fourth-order valence-corrected chi connectivity index (χ4v) is 4.33. The van der Waals surface area contributed by atoms with Gasteiger partial charge in [-0.05, 0) is 49.8 Å². The molecule has 0 unspecified atom stereocenters. The molecule has 1 aromatic heterocycles. The monoisotopic (exact) mass is 403 g/mol. The lowest BCUT2D eigenvalue weighted by molar-refractivity contribution is -0.161. The molecule has 3 atom stereocenters. The van der Waals surface area contributed by atoms with Crippen LogP contribution in [0.15, 0.2) is 18.3 Å². The van der Waals surface area contributed by atoms with Gasteiger partial charge in [-0.1, -0.05) is 19.3 Å². The standard InChI is InChI=1S/C20H29N5O4/c1-12(14-6-4-3-5-7-14)23-20(28)25-17(18(26)24-29-2)15(19(25)27)10-13-8-9-22-16(21)11-13/h8-9,11-12,14-15,17H,3-7,10H2,1-2H3,(H2,21,22)(H,23,28)(H,24,26)/t12-,15-,17+/m1/s1. The normalized spacial score (nSPS) is 23.2. The Labute approximate surface area is 170 Å². The van der Waals surface area contributed by atoms with Crippen LogP contribution in [0, 0.1) is 11.8 Å². The third-order valence-corrected chi connectivity index (χ3v) is 5.91. The first-order valence-corrected chi connectivity index (χ1v) is 10.1. The Bertz CT molecular complexity index is 765. The van der Waals surface area contributed by atoms with Gasteiger partial charge < -0.3 is 11.1 Å². The Morgan fingerprint density at radius 3 is 2.72 bits per heavy atom. The van der Waals surface area contributed by atoms with Crippen LogP contribution < -0.4 is 16.5 Å². The van der Waals surface area contributed by atoms with Crippen molar-refractivity contribution in [1.29, 1.82) is 0 Å². The number of nitrogens with one attached hydrogen (secondary N) is 2. The van der Waals surface area contributed by atoms with Gasteiger partial charge in [0.25, 0.3) is 5.91 Å². The van der Waals surface area contributed by atoms with Crippen molar-refractivity contribution in [1.82, 2.24) is 20.7 Å². The van der Waals surface area contributed by atoms with Crippen molar-refractivity contribution in [2.24, 2.45) is 11.8 Å². The van der Waals surface area contributed by atoms with Gasteiger partial charge in [0.05, 0.1) is 13.0 Å². The number of nitrogen functional groups attached to an aromatic ring is 1. The number of rotatable bonds is 6. The van der Waals surface area contributed by atoms with E-state index in [4.69, 9.17) is 10.6 Å². The van der Waals surface area contributed by atoms with E-state index in [-0.39, 0.29) is 18.4 Å². The molecular weight excluding hydrogens is 374 g/mol. The van der Waals surface area contributed by atoms with Crippen LogP contribution in [0.3, 0.4) is 0 Å². The van der Waals surface area contributed by atoms with E-state index in [0.29, 0.717) is 11.7 Å². The number of likely N-dealkylation sites (tertiary alicyclic amines) is 1. The highest BCUT2D eigenvalue weighted by atomic mass is 16.6. The van der Waals surface area contributed by atoms with Crippen molar-refractivity contribution < 1.29 is 19.2 Å². The minimum absolute atomic E-state index is 0.0548. The van der Waals surface area contributed by atoms with E-state index >= 15 is 0 Å². The first-order valence-electron chi connectivity index (χ1n) is 10.1. The molecule has 2 heterocycles. The third-order valence-electron chi connectivity index (χ3n) is 5.91. The van der Waals surface area contributed by atoms with Crippen molar-refractivity contribution in [3.8, 4) is 0 Å². The third kappa shape index (κ3) is 4.67. The van der Waals surface area contributed by atoms with Crippen molar-refractivity contribution in [3.63, 3.8) is 0 Å². The maximum absolute atomic E-state index is 12.8. The number of anilines is 1. The Morgan fingerprint density at radius 2 is 2.07 bits per heavy atom. The smallest absolute Gasteiger partial charge is 0.325 e. The van der Waals surface area contributed by atoms with E-state index < -0.39 is 23.9 Å². The van der Waals surface area contributed by atoms with Crippen molar-refractivity contribution >= 4 is 23.7 Å². The van der Waals surface area contributed by atoms with Gasteiger partial charge in [-0.2, -0.15) is 0 Å². The predicted octanol–water partition coefficient (Wildman–Crippen LogP) is 1.39. The molecule has 4 N–H and O–H groups in total. The molecule has 0 spiro atoms. The van der Waals surface area contributed by atoms with Crippen LogP contribution in [0.25, 0.3) is 0 Å². The van der Waals surface area contributed by atoms with Crippen LogP contribution in [-0.4, -0.2) is 46.9 Å². The molecule has 29 heavy (non-hydrogen) atoms. The van der Waals surface area contributed by atoms with Gasteiger partial charge in [0, 0.05) is 12.2 Å². The van der Waals surface area contributed by atoms with Crippen LogP contribution in [0.1, 0.15) is 44.6 Å². The maximum Gasteiger partial charge on any atom is 0.325 e. The first-order chi connectivity index (χ1) is 13.9. The molecule has 1 saturated carbocycles. The SMILES string of the molecule is CONC(=O)[C@@H]1[C@@H](Cc2ccnc(N)c2)C(=O)N1C(=O)N[C@H](C)C1CCCCC1. The molecule has 2 fully saturated rings. The topological polar surface area (TPSA) is 127 Å². The van der Waals surface area contributed by atoms with Crippen molar-refractivity contribution in [3.05, 3.63) is 23.9 Å². The minimum Gasteiger partial charge on any atom is -0.384 e. The second kappa shape index (κ2) is 9.21. The molecule has 0 radical (unpaired) electrons. The number of urea groups is 1. The molecule has 1 aliphatic heterocycles. The maximum atomic E-state index is 12.8. The summed E-state index contributed by atoms with van der Waals surface area (Å²) in [5.74, 6) is -0.846. The number of hydrogen-bond acceptors (Lipinski definition) is 6. The van der Waals surface area contributed by atoms with Gasteiger partial charge in [0.1, 0.15) is 11.9 Å². The molecule has 1 aliphatic carbocycles. The molecule has 3 rings (SSSR count). The summed E-state index contributed by atoms with van der Waals surface area (Å²) in [6, 6.07) is 1.88. The second-order valence-electron chi connectivity index (χ2n) is 7.86. The number of β-lactam (4-membered cyclic amide) rings is 1. The number of hydroxylamine groups is 1. The number of carbonyl (C=O) groups excluding carboxylic acids is 3. The number of nitrogens with zero attached hydrogens (tertiary/aromatic N) is 2. The lowest BCUT2D eigenvalue weighted by Gasteiger charge is -2.44. The van der Waals surface area contributed by atoms with Crippen LogP contribution in [0.5, 0.6) is 0 Å². The Morgan fingerprint density at radius 1 is 1.34 bits per heavy atom. The molecule has 0 bridgehead atoms. The van der Waals surface area contributed by atoms with Gasteiger partial charge in [-0.3, -0.25) is 19.3 Å². The summed E-state index contributed by atoms with van der Waals surface area (Å²) >= 11 is 0. The first kappa shape index (κ1) is 21.0. The van der Waals surface area contributed by atoms with E-state index in [1.54, 1.807) is 18.3 Å². The van der Waals surface area contributed by atoms with Gasteiger partial charge >= 0.3 is 6.03 Å². The summed E-state index contributed by atoms with van der Waals surface area (Å²) in [6.07, 6.45) is 7.50. The number of nitrogens with two attached hydrogens (primary N) is 1. The van der Waals surface area contributed by atoms with Gasteiger partial charge in [0.2, 0.25) is 5.91 Å². The lowest BCUT2D eigenvalue weighted by atomic mass is 9.82. The van der Waals surface area contributed by atoms with Crippen LogP contribution in [0.2, 0.25) is 0 Å². The lowest BCUT2D eigenvalue weighted by Crippen LogP contribution is -2.70. The van der Waals surface area contributed by atoms with Crippen LogP contribution >= 0.6 is 0 Å². The van der Waals surface area contributed by atoms with E-state index in [2.05, 4.69) is 15.8 Å². The van der Waals surface area contributed by atoms with E-state index in [9.17, 15) is 14.4 Å². The number of carbonyl (C=O) groups is 3. The number of aromatic nitrogens is 1. The second-order valence-corrected chi connectivity index (χ2v) is 7.86. The van der Waals surface area contributed by atoms with E-state index in [1.165, 1.54) is 13.5 Å². The molecule has 9 heteroatoms. The number of amides is 4. The average molecular weight is 403 g/mol. The van der Waals surface area contributed by atoms with Gasteiger partial charge in [0.15, 0.2) is 0 Å². The molecule has 4 amide bonds. The zero-order valence-corrected chi connectivity index (χ0v) is 16.9. The highest BCUT2D eigenvalue weighted by Gasteiger charge is 2.54. The molecule has 2 aliphatic rings. The molecule has 158 valence electrons. The van der Waals surface area contributed by atoms with E-state index in [0.717, 1.165) is 36.1 Å². The van der Waals surface area contributed by atoms with Gasteiger partial charge in [-0.25, -0.2) is 15.3 Å². The van der Waals surface area contributed by atoms with Gasteiger partial charge in [-0.15, -0.1) is 0 Å². The predicted molar refractivity (Wildman–Crippen MR) is 106 cm³/mol. The Balaban J connectivity index is 1.70. The quantitative estimate of drug-likeness (QED) is 0.487. The summed E-state index contributed by atoms with van der Waals surface area (Å²) < 4.78 is 0. The number of pyridine rings is 1. The Hall–Kier alpha value is -2.68. The Kier molecular flexibility index (Phi) is 6.68. The molecule has 0 aromatic carbocycles. The largest absolute Gasteiger partial charge is 0.384 e. The zero-order chi connectivity index (χ0) is 21.0. The van der Waals surface area contributed by atoms with Crippen LogP contribution in [0.4, 0.5) is 10.6 Å². The summed E-state index contributed by atoms with van der Waals surface area (Å²) in [7, 11) is 1.31. The fourth-order valence-electron chi connectivity index (χ4n) is 4.33. The summed E-state index contributed by atoms with van der Waals surface area (Å²) in [5.41, 5.74) is 8.73. The summed E-state index contributed by atoms with van der Waals surface area (Å²) in [5, 5.41) is 2.92. The fraction of sp³-hybridized carbons (Fsp3) is 0.600. The number of hydrogen-bond donors (Lipinski definition) is 3. The van der Waals surface area contributed by atoms with Crippen molar-refractivity contribution in [2.75, 3.05) is 12.8 Å². The molecular formula is C20H29N5O4. The summed E-state index contributed by atoms with van der Waals surface area (Å²) in [6.45, 7) is 1.96. The molecule has 9 nitrogen and oxygen atoms in total.